The fourth-order valence-corrected chi connectivity index (χ4v) is 2.10. The predicted molar refractivity (Wildman–Crippen MR) is 66.0 cm³/mol. The molecule has 0 unspecified atom stereocenters. The van der Waals surface area contributed by atoms with Crippen LogP contribution in [-0.4, -0.2) is 37.2 Å². The van der Waals surface area contributed by atoms with E-state index >= 15 is 0 Å². The molecule has 0 aromatic heterocycles. The number of likely N-dealkylation sites (tertiary alicyclic amines) is 1. The van der Waals surface area contributed by atoms with Gasteiger partial charge in [0, 0.05) is 19.1 Å². The minimum atomic E-state index is 0.334. The summed E-state index contributed by atoms with van der Waals surface area (Å²) in [7, 11) is 0. The van der Waals surface area contributed by atoms with Crippen molar-refractivity contribution in [2.45, 2.75) is 12.5 Å². The smallest absolute Gasteiger partial charge is 0.137 e. The summed E-state index contributed by atoms with van der Waals surface area (Å²) in [5.41, 5.74) is 5.83. The van der Waals surface area contributed by atoms with Gasteiger partial charge in [-0.05, 0) is 25.1 Å². The third-order valence-corrected chi connectivity index (χ3v) is 3.12. The van der Waals surface area contributed by atoms with Crippen LogP contribution in [0, 0.1) is 0 Å². The molecule has 1 aliphatic heterocycles. The molecule has 1 heterocycles. The molecule has 0 amide bonds. The number of rotatable bonds is 4. The Hall–Kier alpha value is -0.770. The number of benzene rings is 1. The van der Waals surface area contributed by atoms with Gasteiger partial charge in [-0.2, -0.15) is 0 Å². The third kappa shape index (κ3) is 3.11. The van der Waals surface area contributed by atoms with Crippen LogP contribution in [0.3, 0.4) is 0 Å². The lowest BCUT2D eigenvalue weighted by Gasteiger charge is -2.15. The standard InChI is InChI=1S/C12H17ClN2O/c13-11-3-1-2-4-12(11)16-8-7-15-6-5-10(14)9-15/h1-4,10H,5-9,14H2/t10-/m1/s1. The van der Waals surface area contributed by atoms with Gasteiger partial charge in [0.05, 0.1) is 5.02 Å². The van der Waals surface area contributed by atoms with Crippen molar-refractivity contribution in [3.05, 3.63) is 29.3 Å². The maximum Gasteiger partial charge on any atom is 0.137 e. The Balaban J connectivity index is 1.74. The zero-order valence-corrected chi connectivity index (χ0v) is 9.99. The highest BCUT2D eigenvalue weighted by molar-refractivity contribution is 6.32. The molecule has 0 aliphatic carbocycles. The quantitative estimate of drug-likeness (QED) is 0.872. The van der Waals surface area contributed by atoms with Gasteiger partial charge in [-0.1, -0.05) is 23.7 Å². The lowest BCUT2D eigenvalue weighted by molar-refractivity contribution is 0.236. The molecular weight excluding hydrogens is 224 g/mol. The summed E-state index contributed by atoms with van der Waals surface area (Å²) in [4.78, 5) is 2.32. The molecule has 2 rings (SSSR count). The molecule has 1 aromatic rings. The monoisotopic (exact) mass is 240 g/mol. The van der Waals surface area contributed by atoms with Crippen LogP contribution in [0.15, 0.2) is 24.3 Å². The van der Waals surface area contributed by atoms with Crippen molar-refractivity contribution in [3.63, 3.8) is 0 Å². The van der Waals surface area contributed by atoms with Crippen LogP contribution in [0.4, 0.5) is 0 Å². The second kappa shape index (κ2) is 5.53. The Morgan fingerprint density at radius 2 is 2.25 bits per heavy atom. The molecule has 1 saturated heterocycles. The molecule has 0 bridgehead atoms. The van der Waals surface area contributed by atoms with Gasteiger partial charge in [-0.3, -0.25) is 4.90 Å². The Labute approximate surface area is 101 Å². The fourth-order valence-electron chi connectivity index (χ4n) is 1.91. The first-order chi connectivity index (χ1) is 7.75. The average Bonchev–Trinajstić information content (AvgIpc) is 2.67. The molecule has 1 atom stereocenters. The first kappa shape index (κ1) is 11.7. The molecule has 3 nitrogen and oxygen atoms in total. The highest BCUT2D eigenvalue weighted by Gasteiger charge is 2.18. The van der Waals surface area contributed by atoms with Crippen molar-refractivity contribution in [1.82, 2.24) is 4.90 Å². The van der Waals surface area contributed by atoms with Crippen molar-refractivity contribution in [3.8, 4) is 5.75 Å². The topological polar surface area (TPSA) is 38.5 Å². The van der Waals surface area contributed by atoms with Crippen molar-refractivity contribution in [2.75, 3.05) is 26.2 Å². The third-order valence-electron chi connectivity index (χ3n) is 2.81. The number of hydrogen-bond acceptors (Lipinski definition) is 3. The first-order valence-corrected chi connectivity index (χ1v) is 5.99. The number of nitrogens with zero attached hydrogens (tertiary/aromatic N) is 1. The van der Waals surface area contributed by atoms with E-state index in [0.717, 1.165) is 31.8 Å². The molecule has 0 spiro atoms. The number of halogens is 1. The lowest BCUT2D eigenvalue weighted by Crippen LogP contribution is -2.29. The SMILES string of the molecule is N[C@@H]1CCN(CCOc2ccccc2Cl)C1. The van der Waals surface area contributed by atoms with Crippen LogP contribution in [0.1, 0.15) is 6.42 Å². The van der Waals surface area contributed by atoms with E-state index in [4.69, 9.17) is 22.1 Å². The molecule has 4 heteroatoms. The average molecular weight is 241 g/mol. The van der Waals surface area contributed by atoms with Gasteiger partial charge in [0.2, 0.25) is 0 Å². The van der Waals surface area contributed by atoms with E-state index in [0.29, 0.717) is 17.7 Å². The summed E-state index contributed by atoms with van der Waals surface area (Å²) < 4.78 is 5.62. The van der Waals surface area contributed by atoms with Crippen LogP contribution >= 0.6 is 11.6 Å². The second-order valence-electron chi connectivity index (χ2n) is 4.13. The van der Waals surface area contributed by atoms with Gasteiger partial charge >= 0.3 is 0 Å². The van der Waals surface area contributed by atoms with Crippen molar-refractivity contribution < 1.29 is 4.74 Å². The minimum absolute atomic E-state index is 0.334. The maximum atomic E-state index is 5.98. The Morgan fingerprint density at radius 3 is 2.94 bits per heavy atom. The normalized spacial score (nSPS) is 21.2. The predicted octanol–water partition coefficient (Wildman–Crippen LogP) is 1.75. The molecular formula is C12H17ClN2O. The van der Waals surface area contributed by atoms with Gasteiger partial charge in [-0.25, -0.2) is 0 Å². The molecule has 0 saturated carbocycles. The van der Waals surface area contributed by atoms with Crippen LogP contribution in [0.2, 0.25) is 5.02 Å². The zero-order valence-electron chi connectivity index (χ0n) is 9.23. The fraction of sp³-hybridized carbons (Fsp3) is 0.500. The first-order valence-electron chi connectivity index (χ1n) is 5.61. The summed E-state index contributed by atoms with van der Waals surface area (Å²) >= 11 is 5.98. The van der Waals surface area contributed by atoms with Crippen LogP contribution in [-0.2, 0) is 0 Å². The number of para-hydroxylation sites is 1. The maximum absolute atomic E-state index is 5.98. The zero-order chi connectivity index (χ0) is 11.4. The highest BCUT2D eigenvalue weighted by Crippen LogP contribution is 2.22. The molecule has 2 N–H and O–H groups in total. The largest absolute Gasteiger partial charge is 0.491 e. The summed E-state index contributed by atoms with van der Waals surface area (Å²) in [6.45, 7) is 3.63. The van der Waals surface area contributed by atoms with Crippen molar-refractivity contribution in [1.29, 1.82) is 0 Å². The summed E-state index contributed by atoms with van der Waals surface area (Å²) in [5, 5.41) is 0.667. The molecule has 1 aliphatic rings. The molecule has 0 radical (unpaired) electrons. The minimum Gasteiger partial charge on any atom is -0.491 e. The Kier molecular flexibility index (Phi) is 4.04. The van der Waals surface area contributed by atoms with E-state index < -0.39 is 0 Å². The molecule has 16 heavy (non-hydrogen) atoms. The Bertz CT molecular complexity index is 346. The van der Waals surface area contributed by atoms with E-state index in [9.17, 15) is 0 Å². The number of ether oxygens (including phenoxy) is 1. The number of nitrogens with two attached hydrogens (primary N) is 1. The van der Waals surface area contributed by atoms with Gasteiger partial charge in [0.1, 0.15) is 12.4 Å². The summed E-state index contributed by atoms with van der Waals surface area (Å²) in [6.07, 6.45) is 1.09. The van der Waals surface area contributed by atoms with Gasteiger partial charge in [0.25, 0.3) is 0 Å². The lowest BCUT2D eigenvalue weighted by atomic mass is 10.3. The van der Waals surface area contributed by atoms with Crippen LogP contribution < -0.4 is 10.5 Å². The van der Waals surface area contributed by atoms with Gasteiger partial charge in [0.15, 0.2) is 0 Å². The number of hydrogen-bond donors (Lipinski definition) is 1. The van der Waals surface area contributed by atoms with E-state index in [1.165, 1.54) is 0 Å². The van der Waals surface area contributed by atoms with E-state index in [1.807, 2.05) is 24.3 Å². The van der Waals surface area contributed by atoms with Crippen molar-refractivity contribution >= 4 is 11.6 Å². The van der Waals surface area contributed by atoms with Crippen molar-refractivity contribution in [2.24, 2.45) is 5.73 Å². The molecule has 1 aromatic carbocycles. The van der Waals surface area contributed by atoms with Gasteiger partial charge < -0.3 is 10.5 Å². The Morgan fingerprint density at radius 1 is 1.44 bits per heavy atom. The highest BCUT2D eigenvalue weighted by atomic mass is 35.5. The summed E-state index contributed by atoms with van der Waals surface area (Å²) in [6, 6.07) is 7.88. The van der Waals surface area contributed by atoms with Gasteiger partial charge in [-0.15, -0.1) is 0 Å². The molecule has 88 valence electrons. The summed E-state index contributed by atoms with van der Waals surface area (Å²) in [5.74, 6) is 0.757. The molecule has 1 fully saturated rings. The van der Waals surface area contributed by atoms with Crippen LogP contribution in [0.25, 0.3) is 0 Å². The second-order valence-corrected chi connectivity index (χ2v) is 4.54. The van der Waals surface area contributed by atoms with Crippen LogP contribution in [0.5, 0.6) is 5.75 Å². The van der Waals surface area contributed by atoms with E-state index in [2.05, 4.69) is 4.90 Å². The van der Waals surface area contributed by atoms with E-state index in [1.54, 1.807) is 0 Å². The van der Waals surface area contributed by atoms with E-state index in [-0.39, 0.29) is 0 Å².